The number of hydrogen-bond acceptors (Lipinski definition) is 1. The normalized spacial score (nSPS) is 13.1. The van der Waals surface area contributed by atoms with Gasteiger partial charge in [-0.2, -0.15) is 0 Å². The zero-order valence-electron chi connectivity index (χ0n) is 15.8. The molecule has 0 heterocycles. The van der Waals surface area contributed by atoms with Gasteiger partial charge in [0.15, 0.2) is 5.78 Å². The Kier molecular flexibility index (Phi) is 7.29. The molecular weight excluding hydrogens is 296 g/mol. The summed E-state index contributed by atoms with van der Waals surface area (Å²) < 4.78 is 0. The van der Waals surface area contributed by atoms with Crippen LogP contribution in [-0.2, 0) is 0 Å². The Hall–Kier alpha value is -1.33. The molecule has 0 aliphatic heterocycles. The lowest BCUT2D eigenvalue weighted by Crippen LogP contribution is -2.43. The molecule has 0 N–H and O–H groups in total. The topological polar surface area (TPSA) is 17.1 Å². The molecule has 0 aliphatic rings. The van der Waals surface area contributed by atoms with Crippen molar-refractivity contribution in [1.82, 2.24) is 0 Å². The quantitative estimate of drug-likeness (QED) is 0.349. The van der Waals surface area contributed by atoms with Crippen molar-refractivity contribution in [2.75, 3.05) is 0 Å². The van der Waals surface area contributed by atoms with Crippen LogP contribution >= 0.6 is 0 Å². The number of rotatable bonds is 6. The lowest BCUT2D eigenvalue weighted by Gasteiger charge is -2.38. The highest BCUT2D eigenvalue weighted by Crippen LogP contribution is 2.40. The minimum atomic E-state index is -1.69. The third-order valence-electron chi connectivity index (χ3n) is 4.99. The van der Waals surface area contributed by atoms with Crippen molar-refractivity contribution in [3.05, 3.63) is 35.9 Å². The zero-order chi connectivity index (χ0) is 17.6. The summed E-state index contributed by atoms with van der Waals surface area (Å²) in [7, 11) is -1.69. The van der Waals surface area contributed by atoms with Gasteiger partial charge in [-0.25, -0.2) is 0 Å². The van der Waals surface area contributed by atoms with Crippen LogP contribution in [0.4, 0.5) is 0 Å². The smallest absolute Gasteiger partial charge is 0.164 e. The average molecular weight is 329 g/mol. The fourth-order valence-electron chi connectivity index (χ4n) is 3.75. The SMILES string of the molecule is CC(C#C[Si](C(C)C)(C(C)C)C(C)C)CC(=O)c1ccccc1. The van der Waals surface area contributed by atoms with Crippen LogP contribution in [0.15, 0.2) is 30.3 Å². The molecule has 1 atom stereocenters. The number of ketones is 1. The fraction of sp³-hybridized carbons (Fsp3) is 0.571. The van der Waals surface area contributed by atoms with Crippen molar-refractivity contribution >= 4 is 13.9 Å². The maximum atomic E-state index is 12.3. The zero-order valence-corrected chi connectivity index (χ0v) is 16.8. The number of benzene rings is 1. The molecule has 126 valence electrons. The second-order valence-corrected chi connectivity index (χ2v) is 13.1. The molecule has 0 aliphatic carbocycles. The van der Waals surface area contributed by atoms with Crippen LogP contribution in [0.5, 0.6) is 0 Å². The minimum absolute atomic E-state index is 0.117. The lowest BCUT2D eigenvalue weighted by atomic mass is 10.0. The third-order valence-corrected chi connectivity index (χ3v) is 11.3. The van der Waals surface area contributed by atoms with E-state index in [1.165, 1.54) is 0 Å². The second kappa shape index (κ2) is 8.50. The van der Waals surface area contributed by atoms with Gasteiger partial charge in [0.25, 0.3) is 0 Å². The molecule has 1 aromatic rings. The highest BCUT2D eigenvalue weighted by Gasteiger charge is 2.41. The van der Waals surface area contributed by atoms with Gasteiger partial charge in [-0.3, -0.25) is 4.79 Å². The Morgan fingerprint density at radius 3 is 1.83 bits per heavy atom. The van der Waals surface area contributed by atoms with Crippen molar-refractivity contribution < 1.29 is 4.79 Å². The van der Waals surface area contributed by atoms with E-state index in [4.69, 9.17) is 0 Å². The van der Waals surface area contributed by atoms with E-state index in [2.05, 4.69) is 59.9 Å². The summed E-state index contributed by atoms with van der Waals surface area (Å²) in [4.78, 5) is 12.3. The monoisotopic (exact) mass is 328 g/mol. The van der Waals surface area contributed by atoms with Crippen molar-refractivity contribution in [1.29, 1.82) is 0 Å². The Bertz CT molecular complexity index is 539. The molecule has 0 fully saturated rings. The molecule has 0 aromatic heterocycles. The molecule has 0 bridgehead atoms. The number of carbonyl (C=O) groups excluding carboxylic acids is 1. The first-order valence-corrected chi connectivity index (χ1v) is 11.1. The van der Waals surface area contributed by atoms with Crippen molar-refractivity contribution in [3.8, 4) is 11.5 Å². The van der Waals surface area contributed by atoms with Gasteiger partial charge in [0.2, 0.25) is 0 Å². The highest BCUT2D eigenvalue weighted by atomic mass is 28.3. The molecule has 1 nitrogen and oxygen atoms in total. The van der Waals surface area contributed by atoms with Crippen molar-refractivity contribution in [3.63, 3.8) is 0 Å². The molecule has 23 heavy (non-hydrogen) atoms. The van der Waals surface area contributed by atoms with Crippen LogP contribution in [0.2, 0.25) is 16.6 Å². The molecule has 1 rings (SSSR count). The van der Waals surface area contributed by atoms with Crippen LogP contribution in [-0.4, -0.2) is 13.9 Å². The molecule has 0 amide bonds. The highest BCUT2D eigenvalue weighted by molar-refractivity contribution is 6.90. The summed E-state index contributed by atoms with van der Waals surface area (Å²) in [6, 6.07) is 9.54. The standard InChI is InChI=1S/C21H32OSi/c1-16(2)23(17(3)4,18(5)6)14-13-19(7)15-21(22)20-11-9-8-10-12-20/h8-12,16-19H,15H2,1-7H3. The summed E-state index contributed by atoms with van der Waals surface area (Å²) in [6.45, 7) is 16.0. The Morgan fingerprint density at radius 1 is 0.913 bits per heavy atom. The maximum absolute atomic E-state index is 12.3. The third kappa shape index (κ3) is 4.82. The van der Waals surface area contributed by atoms with E-state index in [1.54, 1.807) is 0 Å². The van der Waals surface area contributed by atoms with Gasteiger partial charge in [0, 0.05) is 17.9 Å². The minimum Gasteiger partial charge on any atom is -0.294 e. The molecule has 1 unspecified atom stereocenters. The van der Waals surface area contributed by atoms with E-state index in [9.17, 15) is 4.79 Å². The molecule has 0 spiro atoms. The van der Waals surface area contributed by atoms with Gasteiger partial charge in [0.1, 0.15) is 8.07 Å². The average Bonchev–Trinajstić information content (AvgIpc) is 2.47. The Balaban J connectivity index is 2.92. The van der Waals surface area contributed by atoms with Gasteiger partial charge < -0.3 is 0 Å². The van der Waals surface area contributed by atoms with Crippen molar-refractivity contribution in [2.45, 2.75) is 71.5 Å². The van der Waals surface area contributed by atoms with E-state index in [0.29, 0.717) is 23.0 Å². The largest absolute Gasteiger partial charge is 0.294 e. The molecule has 1 aromatic carbocycles. The molecule has 2 heteroatoms. The van der Waals surface area contributed by atoms with Crippen LogP contribution in [0.25, 0.3) is 0 Å². The molecular formula is C21H32OSi. The van der Waals surface area contributed by atoms with Gasteiger partial charge in [-0.15, -0.1) is 11.5 Å². The van der Waals surface area contributed by atoms with Crippen LogP contribution < -0.4 is 0 Å². The van der Waals surface area contributed by atoms with Crippen LogP contribution in [0.3, 0.4) is 0 Å². The second-order valence-electron chi connectivity index (χ2n) is 7.56. The van der Waals surface area contributed by atoms with Gasteiger partial charge in [-0.1, -0.05) is 78.8 Å². The molecule has 0 radical (unpaired) electrons. The number of Topliss-reactive ketones (excluding diaryl/α,β-unsaturated/α-hetero) is 1. The predicted octanol–water partition coefficient (Wildman–Crippen LogP) is 6.12. The molecule has 0 saturated heterocycles. The van der Waals surface area contributed by atoms with E-state index in [-0.39, 0.29) is 11.7 Å². The summed E-state index contributed by atoms with van der Waals surface area (Å²) in [5.74, 6) is 3.77. The fourth-order valence-corrected chi connectivity index (χ4v) is 9.11. The number of hydrogen-bond donors (Lipinski definition) is 0. The van der Waals surface area contributed by atoms with Gasteiger partial charge in [0.05, 0.1) is 0 Å². The molecule has 0 saturated carbocycles. The van der Waals surface area contributed by atoms with E-state index in [0.717, 1.165) is 5.56 Å². The first kappa shape index (κ1) is 19.7. The summed E-state index contributed by atoms with van der Waals surface area (Å²) >= 11 is 0. The Morgan fingerprint density at radius 2 is 1.39 bits per heavy atom. The first-order valence-electron chi connectivity index (χ1n) is 8.82. The van der Waals surface area contributed by atoms with E-state index in [1.807, 2.05) is 30.3 Å². The van der Waals surface area contributed by atoms with Crippen molar-refractivity contribution in [2.24, 2.45) is 5.92 Å². The first-order chi connectivity index (χ1) is 10.7. The maximum Gasteiger partial charge on any atom is 0.164 e. The summed E-state index contributed by atoms with van der Waals surface area (Å²) in [6.07, 6.45) is 0.510. The van der Waals surface area contributed by atoms with Crippen LogP contribution in [0, 0.1) is 17.4 Å². The van der Waals surface area contributed by atoms with E-state index >= 15 is 0 Å². The van der Waals surface area contributed by atoms with Gasteiger partial charge in [-0.05, 0) is 16.6 Å². The van der Waals surface area contributed by atoms with Crippen LogP contribution in [0.1, 0.15) is 65.2 Å². The number of carbonyl (C=O) groups is 1. The predicted molar refractivity (Wildman–Crippen MR) is 103 cm³/mol. The van der Waals surface area contributed by atoms with E-state index < -0.39 is 8.07 Å². The summed E-state index contributed by atoms with van der Waals surface area (Å²) in [5, 5.41) is 0. The summed E-state index contributed by atoms with van der Waals surface area (Å²) in [5.41, 5.74) is 6.41. The Labute approximate surface area is 143 Å². The van der Waals surface area contributed by atoms with Gasteiger partial charge >= 0.3 is 0 Å². The lowest BCUT2D eigenvalue weighted by molar-refractivity contribution is 0.0973.